The summed E-state index contributed by atoms with van der Waals surface area (Å²) in [4.78, 5) is 34.9. The SMILES string of the molecule is CCc1ccc(NC(=O)CSCC(=O)Nc2ccc(NC(C)=O)cc2)cc1. The molecule has 0 fully saturated rings. The summed E-state index contributed by atoms with van der Waals surface area (Å²) in [6, 6.07) is 14.5. The van der Waals surface area contributed by atoms with Gasteiger partial charge in [-0.25, -0.2) is 0 Å². The van der Waals surface area contributed by atoms with E-state index < -0.39 is 0 Å². The molecule has 0 heterocycles. The quantitative estimate of drug-likeness (QED) is 0.649. The zero-order chi connectivity index (χ0) is 19.6. The van der Waals surface area contributed by atoms with Gasteiger partial charge in [0, 0.05) is 24.0 Å². The molecule has 2 rings (SSSR count). The Hall–Kier alpha value is -2.80. The summed E-state index contributed by atoms with van der Waals surface area (Å²) in [5, 5.41) is 8.22. The van der Waals surface area contributed by atoms with Gasteiger partial charge >= 0.3 is 0 Å². The summed E-state index contributed by atoms with van der Waals surface area (Å²) in [6.45, 7) is 3.51. The van der Waals surface area contributed by atoms with Gasteiger partial charge in [-0.05, 0) is 48.4 Å². The highest BCUT2D eigenvalue weighted by molar-refractivity contribution is 8.00. The van der Waals surface area contributed by atoms with Crippen LogP contribution in [0.5, 0.6) is 0 Å². The van der Waals surface area contributed by atoms with Crippen molar-refractivity contribution in [1.29, 1.82) is 0 Å². The normalized spacial score (nSPS) is 10.1. The number of thioether (sulfide) groups is 1. The van der Waals surface area contributed by atoms with Crippen molar-refractivity contribution in [3.05, 3.63) is 54.1 Å². The largest absolute Gasteiger partial charge is 0.326 e. The fraction of sp³-hybridized carbons (Fsp3) is 0.250. The summed E-state index contributed by atoms with van der Waals surface area (Å²) in [6.07, 6.45) is 0.954. The van der Waals surface area contributed by atoms with Gasteiger partial charge in [-0.15, -0.1) is 11.8 Å². The Morgan fingerprint density at radius 1 is 0.741 bits per heavy atom. The predicted octanol–water partition coefficient (Wildman–Crippen LogP) is 3.52. The van der Waals surface area contributed by atoms with Gasteiger partial charge in [-0.2, -0.15) is 0 Å². The molecule has 0 bridgehead atoms. The Balaban J connectivity index is 1.70. The van der Waals surface area contributed by atoms with E-state index in [0.717, 1.165) is 12.1 Å². The standard InChI is InChI=1S/C20H23N3O3S/c1-3-15-4-6-17(7-5-15)22-19(25)12-27-13-20(26)23-18-10-8-16(9-11-18)21-14(2)24/h4-11H,3,12-13H2,1-2H3,(H,21,24)(H,22,25)(H,23,26). The van der Waals surface area contributed by atoms with Crippen molar-refractivity contribution in [2.24, 2.45) is 0 Å². The van der Waals surface area contributed by atoms with Gasteiger partial charge in [0.1, 0.15) is 0 Å². The lowest BCUT2D eigenvalue weighted by Gasteiger charge is -2.08. The highest BCUT2D eigenvalue weighted by atomic mass is 32.2. The highest BCUT2D eigenvalue weighted by Gasteiger charge is 2.07. The number of anilines is 3. The van der Waals surface area contributed by atoms with Crippen molar-refractivity contribution in [1.82, 2.24) is 0 Å². The average molecular weight is 385 g/mol. The van der Waals surface area contributed by atoms with Gasteiger partial charge in [-0.3, -0.25) is 14.4 Å². The molecule has 0 aromatic heterocycles. The van der Waals surface area contributed by atoms with Crippen LogP contribution < -0.4 is 16.0 Å². The number of rotatable bonds is 8. The van der Waals surface area contributed by atoms with Crippen molar-refractivity contribution in [2.45, 2.75) is 20.3 Å². The van der Waals surface area contributed by atoms with E-state index in [9.17, 15) is 14.4 Å². The second-order valence-electron chi connectivity index (χ2n) is 5.90. The van der Waals surface area contributed by atoms with Crippen LogP contribution in [0, 0.1) is 0 Å². The molecule has 0 radical (unpaired) electrons. The molecule has 2 aromatic carbocycles. The van der Waals surface area contributed by atoms with Crippen LogP contribution in [-0.4, -0.2) is 29.2 Å². The van der Waals surface area contributed by atoms with Crippen molar-refractivity contribution < 1.29 is 14.4 Å². The lowest BCUT2D eigenvalue weighted by molar-refractivity contribution is -0.115. The first-order valence-corrected chi connectivity index (χ1v) is 9.75. The molecular weight excluding hydrogens is 362 g/mol. The fourth-order valence-electron chi connectivity index (χ4n) is 2.29. The molecule has 0 atom stereocenters. The third-order valence-electron chi connectivity index (χ3n) is 3.60. The Morgan fingerprint density at radius 3 is 1.56 bits per heavy atom. The Morgan fingerprint density at radius 2 is 1.15 bits per heavy atom. The average Bonchev–Trinajstić information content (AvgIpc) is 2.63. The topological polar surface area (TPSA) is 87.3 Å². The van der Waals surface area contributed by atoms with Crippen LogP contribution in [0.3, 0.4) is 0 Å². The first-order valence-electron chi connectivity index (χ1n) is 8.60. The van der Waals surface area contributed by atoms with Crippen LogP contribution in [-0.2, 0) is 20.8 Å². The van der Waals surface area contributed by atoms with Crippen molar-refractivity contribution in [3.8, 4) is 0 Å². The van der Waals surface area contributed by atoms with Crippen LogP contribution in [0.2, 0.25) is 0 Å². The highest BCUT2D eigenvalue weighted by Crippen LogP contribution is 2.14. The van der Waals surface area contributed by atoms with Crippen molar-refractivity contribution >= 4 is 46.5 Å². The monoisotopic (exact) mass is 385 g/mol. The molecule has 142 valence electrons. The first kappa shape index (κ1) is 20.5. The maximum Gasteiger partial charge on any atom is 0.234 e. The van der Waals surface area contributed by atoms with Crippen LogP contribution in [0.25, 0.3) is 0 Å². The van der Waals surface area contributed by atoms with Crippen LogP contribution in [0.4, 0.5) is 17.1 Å². The molecule has 3 N–H and O–H groups in total. The summed E-state index contributed by atoms with van der Waals surface area (Å²) in [7, 11) is 0. The lowest BCUT2D eigenvalue weighted by atomic mass is 10.1. The Bertz CT molecular complexity index is 789. The third-order valence-corrected chi connectivity index (χ3v) is 4.53. The molecule has 0 spiro atoms. The number of benzene rings is 2. The van der Waals surface area contributed by atoms with E-state index in [1.165, 1.54) is 24.2 Å². The minimum Gasteiger partial charge on any atom is -0.326 e. The van der Waals surface area contributed by atoms with Crippen LogP contribution in [0.15, 0.2) is 48.5 Å². The summed E-state index contributed by atoms with van der Waals surface area (Å²) >= 11 is 1.25. The Labute approximate surface area is 163 Å². The number of amides is 3. The van der Waals surface area contributed by atoms with Crippen LogP contribution in [0.1, 0.15) is 19.4 Å². The molecule has 0 aliphatic heterocycles. The molecular formula is C20H23N3O3S. The molecule has 0 aliphatic carbocycles. The fourth-order valence-corrected chi connectivity index (χ4v) is 2.91. The van der Waals surface area contributed by atoms with E-state index in [2.05, 4.69) is 22.9 Å². The summed E-state index contributed by atoms with van der Waals surface area (Å²) < 4.78 is 0. The van der Waals surface area contributed by atoms with Gasteiger partial charge in [0.2, 0.25) is 17.7 Å². The van der Waals surface area contributed by atoms with E-state index in [1.807, 2.05) is 24.3 Å². The van der Waals surface area contributed by atoms with E-state index in [1.54, 1.807) is 24.3 Å². The van der Waals surface area contributed by atoms with Crippen molar-refractivity contribution in [2.75, 3.05) is 27.5 Å². The van der Waals surface area contributed by atoms with Gasteiger partial charge in [0.25, 0.3) is 0 Å². The maximum atomic E-state index is 12.0. The number of hydrogen-bond acceptors (Lipinski definition) is 4. The van der Waals surface area contributed by atoms with Crippen molar-refractivity contribution in [3.63, 3.8) is 0 Å². The van der Waals surface area contributed by atoms with E-state index >= 15 is 0 Å². The van der Waals surface area contributed by atoms with Gasteiger partial charge < -0.3 is 16.0 Å². The number of carbonyl (C=O) groups excluding carboxylic acids is 3. The predicted molar refractivity (Wildman–Crippen MR) is 111 cm³/mol. The van der Waals surface area contributed by atoms with E-state index in [0.29, 0.717) is 11.4 Å². The number of carbonyl (C=O) groups is 3. The summed E-state index contributed by atoms with van der Waals surface area (Å²) in [5.41, 5.74) is 3.26. The minimum absolute atomic E-state index is 0.142. The minimum atomic E-state index is -0.188. The molecule has 0 unspecified atom stereocenters. The molecule has 3 amide bonds. The molecule has 0 saturated heterocycles. The first-order chi connectivity index (χ1) is 13.0. The Kier molecular flexibility index (Phi) is 7.88. The molecule has 0 aliphatic rings. The number of hydrogen-bond donors (Lipinski definition) is 3. The van der Waals surface area contributed by atoms with E-state index in [4.69, 9.17) is 0 Å². The zero-order valence-corrected chi connectivity index (χ0v) is 16.2. The smallest absolute Gasteiger partial charge is 0.234 e. The maximum absolute atomic E-state index is 12.0. The third kappa shape index (κ3) is 7.53. The number of nitrogens with one attached hydrogen (secondary N) is 3. The van der Waals surface area contributed by atoms with E-state index in [-0.39, 0.29) is 29.2 Å². The molecule has 27 heavy (non-hydrogen) atoms. The second kappa shape index (κ2) is 10.4. The lowest BCUT2D eigenvalue weighted by Crippen LogP contribution is -2.18. The van der Waals surface area contributed by atoms with Gasteiger partial charge in [-0.1, -0.05) is 19.1 Å². The number of aryl methyl sites for hydroxylation is 1. The molecule has 7 heteroatoms. The van der Waals surface area contributed by atoms with Crippen LogP contribution >= 0.6 is 11.8 Å². The molecule has 6 nitrogen and oxygen atoms in total. The second-order valence-corrected chi connectivity index (χ2v) is 6.88. The van der Waals surface area contributed by atoms with Gasteiger partial charge in [0.15, 0.2) is 0 Å². The zero-order valence-electron chi connectivity index (χ0n) is 15.4. The molecule has 2 aromatic rings. The van der Waals surface area contributed by atoms with Gasteiger partial charge in [0.05, 0.1) is 11.5 Å². The summed E-state index contributed by atoms with van der Waals surface area (Å²) in [5.74, 6) is -0.105. The molecule has 0 saturated carbocycles.